The number of rotatable bonds is 8. The Balaban J connectivity index is 1.57. The normalized spacial score (nSPS) is 21.0. The maximum Gasteiger partial charge on any atom is 0.316 e. The van der Waals surface area contributed by atoms with Gasteiger partial charge in [-0.2, -0.15) is 4.40 Å². The maximum absolute atomic E-state index is 14.2. The van der Waals surface area contributed by atoms with Crippen LogP contribution >= 0.6 is 11.9 Å². The molecular weight excluding hydrogens is 471 g/mol. The van der Waals surface area contributed by atoms with Crippen LogP contribution in [0.1, 0.15) is 43.2 Å². The molecule has 188 valence electrons. The van der Waals surface area contributed by atoms with Gasteiger partial charge in [-0.3, -0.25) is 4.79 Å². The smallest absolute Gasteiger partial charge is 0.316 e. The first-order chi connectivity index (χ1) is 16.2. The minimum atomic E-state index is -1.80. The number of carbonyl (C=O) groups is 2. The molecule has 1 aromatic carbocycles. The van der Waals surface area contributed by atoms with Crippen molar-refractivity contribution < 1.29 is 27.5 Å². The van der Waals surface area contributed by atoms with Crippen LogP contribution in [0.2, 0.25) is 0 Å². The van der Waals surface area contributed by atoms with Crippen molar-refractivity contribution in [3.05, 3.63) is 34.6 Å². The fourth-order valence-corrected chi connectivity index (χ4v) is 4.85. The van der Waals surface area contributed by atoms with E-state index >= 15 is 0 Å². The first kappa shape index (κ1) is 26.1. The topological polar surface area (TPSA) is 109 Å². The zero-order chi connectivity index (χ0) is 24.7. The molecule has 2 aliphatic rings. The molecule has 0 saturated carbocycles. The monoisotopic (exact) mass is 501 g/mol. The van der Waals surface area contributed by atoms with Crippen molar-refractivity contribution in [2.45, 2.75) is 51.2 Å². The Morgan fingerprint density at radius 3 is 2.59 bits per heavy atom. The molecule has 3 rings (SSSR count). The van der Waals surface area contributed by atoms with Crippen molar-refractivity contribution >= 4 is 29.8 Å². The second kappa shape index (κ2) is 11.8. The highest BCUT2D eigenvalue weighted by molar-refractivity contribution is 7.98. The van der Waals surface area contributed by atoms with E-state index in [0.717, 1.165) is 44.1 Å². The lowest BCUT2D eigenvalue weighted by Gasteiger charge is -2.27. The van der Waals surface area contributed by atoms with Crippen LogP contribution in [-0.2, 0) is 16.1 Å². The number of primary amides is 1. The van der Waals surface area contributed by atoms with E-state index in [1.807, 2.05) is 0 Å². The summed E-state index contributed by atoms with van der Waals surface area (Å²) in [4.78, 5) is 27.1. The lowest BCUT2D eigenvalue weighted by atomic mass is 10.0. The van der Waals surface area contributed by atoms with Crippen molar-refractivity contribution in [3.63, 3.8) is 0 Å². The molecule has 0 radical (unpaired) electrons. The molecule has 0 bridgehead atoms. The van der Waals surface area contributed by atoms with E-state index in [4.69, 9.17) is 10.5 Å². The minimum absolute atomic E-state index is 0.0495. The van der Waals surface area contributed by atoms with Crippen molar-refractivity contribution in [3.8, 4) is 0 Å². The van der Waals surface area contributed by atoms with Gasteiger partial charge >= 0.3 is 6.03 Å². The van der Waals surface area contributed by atoms with E-state index in [-0.39, 0.29) is 17.2 Å². The average molecular weight is 502 g/mol. The number of nitrogens with two attached hydrogens (primary N) is 1. The SMILES string of the molecule is Cc1cc(F)c(COC2=NSCC2(NC(=O)NCCCN2CCCCCC2)C(N)=O)c(F)c1F. The number of hydrogen-bond donors (Lipinski definition) is 3. The molecule has 1 unspecified atom stereocenters. The number of urea groups is 1. The van der Waals surface area contributed by atoms with E-state index < -0.39 is 47.1 Å². The fourth-order valence-electron chi connectivity index (χ4n) is 3.93. The van der Waals surface area contributed by atoms with Gasteiger partial charge in [0, 0.05) is 6.54 Å². The van der Waals surface area contributed by atoms with Crippen molar-refractivity contribution in [2.75, 3.05) is 31.9 Å². The highest BCUT2D eigenvalue weighted by atomic mass is 32.2. The van der Waals surface area contributed by atoms with Gasteiger partial charge in [0.05, 0.1) is 11.3 Å². The van der Waals surface area contributed by atoms with Gasteiger partial charge in [-0.15, -0.1) is 0 Å². The highest BCUT2D eigenvalue weighted by Gasteiger charge is 2.49. The summed E-state index contributed by atoms with van der Waals surface area (Å²) in [5.41, 5.74) is 2.90. The number of carbonyl (C=O) groups excluding carboxylic acids is 2. The summed E-state index contributed by atoms with van der Waals surface area (Å²) in [5, 5.41) is 5.20. The highest BCUT2D eigenvalue weighted by Crippen LogP contribution is 2.28. The van der Waals surface area contributed by atoms with Crippen molar-refractivity contribution in [1.82, 2.24) is 15.5 Å². The zero-order valence-corrected chi connectivity index (χ0v) is 19.9. The molecular formula is C22H30F3N5O3S. The van der Waals surface area contributed by atoms with Gasteiger partial charge in [0.25, 0.3) is 5.91 Å². The predicted octanol–water partition coefficient (Wildman–Crippen LogP) is 2.78. The molecule has 2 aliphatic heterocycles. The van der Waals surface area contributed by atoms with Crippen LogP contribution in [0.3, 0.4) is 0 Å². The molecule has 2 heterocycles. The number of nitrogens with zero attached hydrogens (tertiary/aromatic N) is 2. The van der Waals surface area contributed by atoms with Crippen LogP contribution in [0.15, 0.2) is 10.5 Å². The Bertz CT molecular complexity index is 941. The molecule has 0 aliphatic carbocycles. The van der Waals surface area contributed by atoms with Crippen LogP contribution in [-0.4, -0.2) is 60.2 Å². The number of likely N-dealkylation sites (tertiary alicyclic amines) is 1. The van der Waals surface area contributed by atoms with E-state index in [1.165, 1.54) is 32.6 Å². The standard InChI is InChI=1S/C22H30F3N5O3S/c1-14-11-16(23)15(18(25)17(14)24)12-33-20-22(19(26)31,13-34-29-20)28-21(32)27-7-6-10-30-8-4-2-3-5-9-30/h11H,2-10,12-13H2,1H3,(H2,26,31)(H2,27,28,32). The Morgan fingerprint density at radius 2 is 1.91 bits per heavy atom. The van der Waals surface area contributed by atoms with Gasteiger partial charge in [0.15, 0.2) is 11.6 Å². The third-order valence-electron chi connectivity index (χ3n) is 5.97. The van der Waals surface area contributed by atoms with Gasteiger partial charge in [0.1, 0.15) is 12.4 Å². The van der Waals surface area contributed by atoms with Gasteiger partial charge < -0.3 is 26.0 Å². The summed E-state index contributed by atoms with van der Waals surface area (Å²) in [7, 11) is 0. The lowest BCUT2D eigenvalue weighted by Crippen LogP contribution is -2.65. The fraction of sp³-hybridized carbons (Fsp3) is 0.591. The van der Waals surface area contributed by atoms with E-state index in [9.17, 15) is 22.8 Å². The molecule has 0 aromatic heterocycles. The predicted molar refractivity (Wildman–Crippen MR) is 124 cm³/mol. The van der Waals surface area contributed by atoms with Crippen LogP contribution in [0.4, 0.5) is 18.0 Å². The Labute approximate surface area is 201 Å². The molecule has 12 heteroatoms. The zero-order valence-electron chi connectivity index (χ0n) is 19.1. The van der Waals surface area contributed by atoms with E-state index in [2.05, 4.69) is 19.9 Å². The molecule has 1 atom stereocenters. The number of aryl methyl sites for hydroxylation is 1. The summed E-state index contributed by atoms with van der Waals surface area (Å²) < 4.78 is 51.5. The third kappa shape index (κ3) is 6.15. The summed E-state index contributed by atoms with van der Waals surface area (Å²) >= 11 is 0.909. The van der Waals surface area contributed by atoms with E-state index in [1.54, 1.807) is 0 Å². The molecule has 4 N–H and O–H groups in total. The molecule has 1 aromatic rings. The summed E-state index contributed by atoms with van der Waals surface area (Å²) in [6.45, 7) is 3.85. The molecule has 34 heavy (non-hydrogen) atoms. The largest absolute Gasteiger partial charge is 0.473 e. The maximum atomic E-state index is 14.2. The minimum Gasteiger partial charge on any atom is -0.473 e. The second-order valence-corrected chi connectivity index (χ2v) is 9.23. The Hall–Kier alpha value is -2.47. The second-order valence-electron chi connectivity index (χ2n) is 8.50. The van der Waals surface area contributed by atoms with Crippen LogP contribution in [0.25, 0.3) is 0 Å². The molecule has 8 nitrogen and oxygen atoms in total. The van der Waals surface area contributed by atoms with Gasteiger partial charge in [0.2, 0.25) is 11.4 Å². The van der Waals surface area contributed by atoms with Crippen molar-refractivity contribution in [1.29, 1.82) is 0 Å². The van der Waals surface area contributed by atoms with Gasteiger partial charge in [-0.05, 0) is 69.4 Å². The van der Waals surface area contributed by atoms with Gasteiger partial charge in [-0.1, -0.05) is 12.8 Å². The lowest BCUT2D eigenvalue weighted by molar-refractivity contribution is -0.121. The number of benzene rings is 1. The summed E-state index contributed by atoms with van der Waals surface area (Å²) in [6, 6.07) is 0.202. The molecule has 1 fully saturated rings. The van der Waals surface area contributed by atoms with Crippen molar-refractivity contribution in [2.24, 2.45) is 10.1 Å². The summed E-state index contributed by atoms with van der Waals surface area (Å²) in [5.74, 6) is -4.87. The average Bonchev–Trinajstić information content (AvgIpc) is 3.01. The van der Waals surface area contributed by atoms with Gasteiger partial charge in [-0.25, -0.2) is 18.0 Å². The molecule has 3 amide bonds. The number of amides is 3. The van der Waals surface area contributed by atoms with Crippen LogP contribution < -0.4 is 16.4 Å². The Kier molecular flexibility index (Phi) is 9.06. The molecule has 0 spiro atoms. The van der Waals surface area contributed by atoms with Crippen LogP contribution in [0.5, 0.6) is 0 Å². The third-order valence-corrected chi connectivity index (χ3v) is 6.82. The number of hydrogen-bond acceptors (Lipinski definition) is 6. The number of nitrogens with one attached hydrogen (secondary N) is 2. The summed E-state index contributed by atoms with van der Waals surface area (Å²) in [6.07, 6.45) is 5.58. The number of halogens is 3. The quantitative estimate of drug-likeness (QED) is 0.288. The van der Waals surface area contributed by atoms with Crippen LogP contribution in [0, 0.1) is 24.4 Å². The number of ether oxygens (including phenoxy) is 1. The first-order valence-corrected chi connectivity index (χ1v) is 12.2. The molecule has 1 saturated heterocycles. The Morgan fingerprint density at radius 1 is 1.21 bits per heavy atom. The first-order valence-electron chi connectivity index (χ1n) is 11.3. The van der Waals surface area contributed by atoms with E-state index in [0.29, 0.717) is 6.54 Å².